The molecule has 0 aliphatic heterocycles. The lowest BCUT2D eigenvalue weighted by Gasteiger charge is -2.12. The van der Waals surface area contributed by atoms with Crippen LogP contribution < -0.4 is 10.5 Å². The van der Waals surface area contributed by atoms with Crippen molar-refractivity contribution in [3.63, 3.8) is 0 Å². The van der Waals surface area contributed by atoms with Crippen LogP contribution in [0.15, 0.2) is 47.4 Å². The summed E-state index contributed by atoms with van der Waals surface area (Å²) in [5.41, 5.74) is 6.18. The molecule has 3 nitrogen and oxygen atoms in total. The molecule has 2 rings (SSSR count). The lowest BCUT2D eigenvalue weighted by molar-refractivity contribution is 0.126. The van der Waals surface area contributed by atoms with Crippen LogP contribution in [0.1, 0.15) is 0 Å². The van der Waals surface area contributed by atoms with E-state index < -0.39 is 17.7 Å². The number of hydrogen-bond donors (Lipinski definition) is 2. The average molecular weight is 311 g/mol. The first-order valence-corrected chi connectivity index (χ1v) is 7.27. The van der Waals surface area contributed by atoms with E-state index in [4.69, 9.17) is 10.5 Å². The van der Waals surface area contributed by atoms with E-state index in [2.05, 4.69) is 0 Å². The number of anilines is 1. The Hall–Kier alpha value is -1.79. The van der Waals surface area contributed by atoms with E-state index in [1.54, 1.807) is 24.3 Å². The fraction of sp³-hybridized carbons (Fsp3) is 0.200. The summed E-state index contributed by atoms with van der Waals surface area (Å²) in [5.74, 6) is -0.408. The van der Waals surface area contributed by atoms with E-state index in [9.17, 15) is 13.9 Å². The molecule has 1 atom stereocenters. The highest BCUT2D eigenvalue weighted by Gasteiger charge is 2.10. The third kappa shape index (κ3) is 4.91. The summed E-state index contributed by atoms with van der Waals surface area (Å²) in [4.78, 5) is 0.294. The normalized spacial score (nSPS) is 12.1. The van der Waals surface area contributed by atoms with E-state index in [0.717, 1.165) is 17.8 Å². The van der Waals surface area contributed by atoms with E-state index in [-0.39, 0.29) is 12.4 Å². The molecule has 2 aromatic rings. The van der Waals surface area contributed by atoms with Gasteiger partial charge in [0.1, 0.15) is 24.0 Å². The molecule has 112 valence electrons. The smallest absolute Gasteiger partial charge is 0.139 e. The molecular weight excluding hydrogens is 296 g/mol. The van der Waals surface area contributed by atoms with Gasteiger partial charge in [0.2, 0.25) is 0 Å². The second kappa shape index (κ2) is 7.28. The zero-order chi connectivity index (χ0) is 15.2. The van der Waals surface area contributed by atoms with Gasteiger partial charge in [-0.1, -0.05) is 0 Å². The molecule has 0 heterocycles. The molecular formula is C15H15F2NO2S. The highest BCUT2D eigenvalue weighted by atomic mass is 32.2. The number of halogens is 2. The number of thioether (sulfide) groups is 1. The molecule has 2 aromatic carbocycles. The van der Waals surface area contributed by atoms with E-state index in [1.165, 1.54) is 12.1 Å². The Bertz CT molecular complexity index is 593. The monoisotopic (exact) mass is 311 g/mol. The molecule has 0 fully saturated rings. The van der Waals surface area contributed by atoms with Gasteiger partial charge in [0.15, 0.2) is 0 Å². The van der Waals surface area contributed by atoms with Gasteiger partial charge in [-0.25, -0.2) is 8.78 Å². The first-order chi connectivity index (χ1) is 10.0. The number of benzene rings is 2. The summed E-state index contributed by atoms with van der Waals surface area (Å²) in [7, 11) is 0. The first kappa shape index (κ1) is 15.6. The molecule has 0 saturated carbocycles. The lowest BCUT2D eigenvalue weighted by atomic mass is 10.3. The number of nitrogens with two attached hydrogens (primary N) is 1. The van der Waals surface area contributed by atoms with E-state index in [1.807, 2.05) is 0 Å². The maximum absolute atomic E-state index is 13.4. The van der Waals surface area contributed by atoms with Crippen LogP contribution in [0.25, 0.3) is 0 Å². The van der Waals surface area contributed by atoms with Gasteiger partial charge in [0, 0.05) is 22.4 Å². The summed E-state index contributed by atoms with van der Waals surface area (Å²) in [6, 6.07) is 10.2. The topological polar surface area (TPSA) is 55.5 Å². The molecule has 0 radical (unpaired) electrons. The standard InChI is InChI=1S/C15H15F2NO2S/c16-10-1-6-15(14(17)7-10)21-9-12(19)8-20-13-4-2-11(18)3-5-13/h1-7,12,19H,8-9,18H2. The minimum Gasteiger partial charge on any atom is -0.491 e. The molecule has 21 heavy (non-hydrogen) atoms. The third-order valence-electron chi connectivity index (χ3n) is 2.65. The minimum absolute atomic E-state index is 0.0831. The molecule has 0 aliphatic carbocycles. The molecule has 6 heteroatoms. The highest BCUT2D eigenvalue weighted by molar-refractivity contribution is 7.99. The highest BCUT2D eigenvalue weighted by Crippen LogP contribution is 2.23. The van der Waals surface area contributed by atoms with Crippen LogP contribution in [0.2, 0.25) is 0 Å². The Morgan fingerprint density at radius 3 is 2.52 bits per heavy atom. The van der Waals surface area contributed by atoms with Crippen molar-refractivity contribution in [2.45, 2.75) is 11.0 Å². The van der Waals surface area contributed by atoms with Crippen LogP contribution in [0, 0.1) is 11.6 Å². The summed E-state index contributed by atoms with van der Waals surface area (Å²) in [6.45, 7) is 0.0831. The Kier molecular flexibility index (Phi) is 5.41. The summed E-state index contributed by atoms with van der Waals surface area (Å²) in [6.07, 6.45) is -0.767. The maximum atomic E-state index is 13.4. The first-order valence-electron chi connectivity index (χ1n) is 6.29. The Balaban J connectivity index is 1.79. The van der Waals surface area contributed by atoms with Crippen molar-refractivity contribution in [2.24, 2.45) is 0 Å². The predicted molar refractivity (Wildman–Crippen MR) is 79.4 cm³/mol. The van der Waals surface area contributed by atoms with Crippen LogP contribution in [0.5, 0.6) is 5.75 Å². The fourth-order valence-corrected chi connectivity index (χ4v) is 2.41. The van der Waals surface area contributed by atoms with Crippen molar-refractivity contribution in [2.75, 3.05) is 18.1 Å². The van der Waals surface area contributed by atoms with Crippen LogP contribution in [0.4, 0.5) is 14.5 Å². The SMILES string of the molecule is Nc1ccc(OCC(O)CSc2ccc(F)cc2F)cc1. The average Bonchev–Trinajstić information content (AvgIpc) is 2.46. The molecule has 3 N–H and O–H groups in total. The van der Waals surface area contributed by atoms with Crippen LogP contribution in [-0.4, -0.2) is 23.6 Å². The molecule has 0 amide bonds. The van der Waals surface area contributed by atoms with Gasteiger partial charge in [-0.15, -0.1) is 11.8 Å². The van der Waals surface area contributed by atoms with Crippen molar-refractivity contribution in [1.82, 2.24) is 0 Å². The van der Waals surface area contributed by atoms with Crippen molar-refractivity contribution >= 4 is 17.4 Å². The van der Waals surface area contributed by atoms with Crippen molar-refractivity contribution in [3.8, 4) is 5.75 Å². The van der Waals surface area contributed by atoms with Gasteiger partial charge in [-0.2, -0.15) is 0 Å². The molecule has 0 aliphatic rings. The number of aliphatic hydroxyl groups is 1. The van der Waals surface area contributed by atoms with Gasteiger partial charge < -0.3 is 15.6 Å². The lowest BCUT2D eigenvalue weighted by Crippen LogP contribution is -2.20. The second-order valence-corrected chi connectivity index (χ2v) is 5.48. The Morgan fingerprint density at radius 1 is 1.14 bits per heavy atom. The van der Waals surface area contributed by atoms with Gasteiger partial charge in [-0.05, 0) is 36.4 Å². The van der Waals surface area contributed by atoms with Crippen LogP contribution in [0.3, 0.4) is 0 Å². The van der Waals surface area contributed by atoms with E-state index in [0.29, 0.717) is 16.3 Å². The number of rotatable bonds is 6. The fourth-order valence-electron chi connectivity index (χ4n) is 1.58. The number of nitrogen functional groups attached to an aromatic ring is 1. The van der Waals surface area contributed by atoms with Gasteiger partial charge in [0.05, 0.1) is 6.10 Å². The van der Waals surface area contributed by atoms with Crippen LogP contribution in [-0.2, 0) is 0 Å². The zero-order valence-electron chi connectivity index (χ0n) is 11.1. The predicted octanol–water partition coefficient (Wildman–Crippen LogP) is 3.08. The second-order valence-electron chi connectivity index (χ2n) is 4.42. The zero-order valence-corrected chi connectivity index (χ0v) is 11.9. The van der Waals surface area contributed by atoms with Crippen molar-refractivity contribution < 1.29 is 18.6 Å². The third-order valence-corrected chi connectivity index (χ3v) is 3.84. The van der Waals surface area contributed by atoms with Gasteiger partial charge >= 0.3 is 0 Å². The Labute approximate surface area is 125 Å². The van der Waals surface area contributed by atoms with Crippen molar-refractivity contribution in [1.29, 1.82) is 0 Å². The molecule has 0 saturated heterocycles. The summed E-state index contributed by atoms with van der Waals surface area (Å²) >= 11 is 1.11. The van der Waals surface area contributed by atoms with Gasteiger partial charge in [-0.3, -0.25) is 0 Å². The molecule has 0 aromatic heterocycles. The quantitative estimate of drug-likeness (QED) is 0.636. The maximum Gasteiger partial charge on any atom is 0.139 e. The largest absolute Gasteiger partial charge is 0.491 e. The number of hydrogen-bond acceptors (Lipinski definition) is 4. The van der Waals surface area contributed by atoms with Crippen molar-refractivity contribution in [3.05, 3.63) is 54.1 Å². The van der Waals surface area contributed by atoms with Gasteiger partial charge in [0.25, 0.3) is 0 Å². The molecule has 1 unspecified atom stereocenters. The minimum atomic E-state index is -0.767. The molecule has 0 spiro atoms. The summed E-state index contributed by atoms with van der Waals surface area (Å²) < 4.78 is 31.5. The summed E-state index contributed by atoms with van der Waals surface area (Å²) in [5, 5.41) is 9.80. The van der Waals surface area contributed by atoms with E-state index >= 15 is 0 Å². The molecule has 0 bridgehead atoms. The number of aliphatic hydroxyl groups excluding tert-OH is 1. The number of ether oxygens (including phenoxy) is 1. The van der Waals surface area contributed by atoms with Crippen LogP contribution >= 0.6 is 11.8 Å². The Morgan fingerprint density at radius 2 is 1.86 bits per heavy atom.